The van der Waals surface area contributed by atoms with Crippen molar-refractivity contribution in [3.05, 3.63) is 41.4 Å². The van der Waals surface area contributed by atoms with Crippen LogP contribution in [-0.4, -0.2) is 35.3 Å². The van der Waals surface area contributed by atoms with E-state index in [1.54, 1.807) is 19.1 Å². The van der Waals surface area contributed by atoms with E-state index in [2.05, 4.69) is 10.0 Å². The largest absolute Gasteiger partial charge is 0.495 e. The summed E-state index contributed by atoms with van der Waals surface area (Å²) in [5.41, 5.74) is 0.331. The number of ether oxygens (including phenoxy) is 3. The van der Waals surface area contributed by atoms with Crippen molar-refractivity contribution in [1.82, 2.24) is 0 Å². The Bertz CT molecular complexity index is 933. The average molecular weight is 415 g/mol. The zero-order valence-electron chi connectivity index (χ0n) is 14.9. The lowest BCUT2D eigenvalue weighted by Gasteiger charge is -2.14. The number of benzene rings is 2. The van der Waals surface area contributed by atoms with E-state index in [0.29, 0.717) is 10.8 Å². The molecule has 0 unspecified atom stereocenters. The molecule has 0 heterocycles. The van der Waals surface area contributed by atoms with Crippen LogP contribution in [0.5, 0.6) is 11.5 Å². The smallest absolute Gasteiger partial charge is 0.411 e. The third-order valence-corrected chi connectivity index (χ3v) is 5.00. The first kappa shape index (κ1) is 20.7. The fraction of sp³-hybridized carbons (Fsp3) is 0.235. The highest BCUT2D eigenvalue weighted by molar-refractivity contribution is 7.92. The number of rotatable bonds is 7. The van der Waals surface area contributed by atoms with E-state index in [9.17, 15) is 13.2 Å². The lowest BCUT2D eigenvalue weighted by Crippen LogP contribution is -2.16. The van der Waals surface area contributed by atoms with Gasteiger partial charge < -0.3 is 14.2 Å². The lowest BCUT2D eigenvalue weighted by atomic mass is 10.3. The van der Waals surface area contributed by atoms with Crippen molar-refractivity contribution in [1.29, 1.82) is 0 Å². The zero-order chi connectivity index (χ0) is 20.0. The van der Waals surface area contributed by atoms with E-state index >= 15 is 0 Å². The van der Waals surface area contributed by atoms with Crippen molar-refractivity contribution in [2.45, 2.75) is 11.8 Å². The number of nitrogens with one attached hydrogen (secondary N) is 2. The molecule has 2 rings (SSSR count). The number of carbonyl (C=O) groups is 1. The number of hydrogen-bond donors (Lipinski definition) is 2. The first-order valence-corrected chi connectivity index (χ1v) is 9.65. The number of anilines is 2. The number of methoxy groups -OCH3 is 2. The minimum absolute atomic E-state index is 0.0999. The molecule has 146 valence electrons. The van der Waals surface area contributed by atoms with Crippen molar-refractivity contribution in [3.63, 3.8) is 0 Å². The van der Waals surface area contributed by atoms with Gasteiger partial charge in [0.25, 0.3) is 10.0 Å². The van der Waals surface area contributed by atoms with Gasteiger partial charge in [0, 0.05) is 5.02 Å². The van der Waals surface area contributed by atoms with Crippen molar-refractivity contribution in [2.24, 2.45) is 0 Å². The molecule has 0 aliphatic heterocycles. The van der Waals surface area contributed by atoms with E-state index < -0.39 is 16.1 Å². The summed E-state index contributed by atoms with van der Waals surface area (Å²) in [4.78, 5) is 11.6. The van der Waals surface area contributed by atoms with Gasteiger partial charge in [0.2, 0.25) is 0 Å². The highest BCUT2D eigenvalue weighted by Crippen LogP contribution is 2.32. The van der Waals surface area contributed by atoms with Gasteiger partial charge in [-0.2, -0.15) is 0 Å². The molecule has 0 aliphatic rings. The number of amides is 1. The van der Waals surface area contributed by atoms with Crippen molar-refractivity contribution in [2.75, 3.05) is 30.9 Å². The fourth-order valence-electron chi connectivity index (χ4n) is 2.19. The minimum atomic E-state index is -3.99. The zero-order valence-corrected chi connectivity index (χ0v) is 16.5. The van der Waals surface area contributed by atoms with Crippen LogP contribution in [0.2, 0.25) is 5.02 Å². The third-order valence-electron chi connectivity index (χ3n) is 3.40. The summed E-state index contributed by atoms with van der Waals surface area (Å²) in [6, 6.07) is 8.57. The van der Waals surface area contributed by atoms with Gasteiger partial charge in [-0.3, -0.25) is 10.0 Å². The van der Waals surface area contributed by atoms with Crippen LogP contribution in [-0.2, 0) is 14.8 Å². The molecule has 0 saturated heterocycles. The van der Waals surface area contributed by atoms with Crippen LogP contribution in [0.1, 0.15) is 6.92 Å². The molecular formula is C17H19ClN2O6S. The van der Waals surface area contributed by atoms with Gasteiger partial charge in [-0.15, -0.1) is 0 Å². The highest BCUT2D eigenvalue weighted by atomic mass is 35.5. The molecule has 2 N–H and O–H groups in total. The van der Waals surface area contributed by atoms with E-state index in [4.69, 9.17) is 25.8 Å². The van der Waals surface area contributed by atoms with Gasteiger partial charge in [0.05, 0.1) is 37.1 Å². The summed E-state index contributed by atoms with van der Waals surface area (Å²) < 4.78 is 43.0. The summed E-state index contributed by atoms with van der Waals surface area (Å²) in [6.07, 6.45) is -0.727. The maximum Gasteiger partial charge on any atom is 0.411 e. The van der Waals surface area contributed by atoms with Crippen LogP contribution < -0.4 is 19.5 Å². The lowest BCUT2D eigenvalue weighted by molar-refractivity contribution is 0.168. The number of sulfonamides is 1. The second kappa shape index (κ2) is 8.83. The Balaban J connectivity index is 2.38. The Morgan fingerprint density at radius 1 is 1.04 bits per heavy atom. The Hall–Kier alpha value is -2.65. The van der Waals surface area contributed by atoms with E-state index in [1.807, 2.05) is 0 Å². The van der Waals surface area contributed by atoms with Crippen LogP contribution in [0.3, 0.4) is 0 Å². The predicted octanol–water partition coefficient (Wildman–Crippen LogP) is 3.73. The summed E-state index contributed by atoms with van der Waals surface area (Å²) in [5, 5.41) is 2.79. The first-order chi connectivity index (χ1) is 12.8. The van der Waals surface area contributed by atoms with Crippen LogP contribution in [0.15, 0.2) is 41.3 Å². The average Bonchev–Trinajstić information content (AvgIpc) is 2.61. The second-order valence-corrected chi connectivity index (χ2v) is 7.28. The maximum absolute atomic E-state index is 12.7. The Kier molecular flexibility index (Phi) is 6.75. The molecule has 2 aromatic rings. The molecular weight excluding hydrogens is 396 g/mol. The Labute approximate surface area is 162 Å². The molecule has 8 nitrogen and oxygen atoms in total. The molecule has 0 saturated carbocycles. The summed E-state index contributed by atoms with van der Waals surface area (Å²) in [5.74, 6) is 0.587. The first-order valence-electron chi connectivity index (χ1n) is 7.79. The molecule has 27 heavy (non-hydrogen) atoms. The molecule has 0 bridgehead atoms. The molecule has 0 aromatic heterocycles. The predicted molar refractivity (Wildman–Crippen MR) is 102 cm³/mol. The Morgan fingerprint density at radius 3 is 2.30 bits per heavy atom. The van der Waals surface area contributed by atoms with Gasteiger partial charge in [-0.05, 0) is 43.3 Å². The quantitative estimate of drug-likeness (QED) is 0.715. The van der Waals surface area contributed by atoms with Crippen molar-refractivity contribution >= 4 is 39.1 Å². The van der Waals surface area contributed by atoms with Gasteiger partial charge >= 0.3 is 6.09 Å². The second-order valence-electron chi connectivity index (χ2n) is 5.16. The third kappa shape index (κ3) is 5.18. The monoisotopic (exact) mass is 414 g/mol. The standard InChI is InChI=1S/C17H19ClN2O6S/c1-4-26-17(21)19-13-10-12(6-8-15(13)24-2)27(22,23)20-14-9-11(18)5-7-16(14)25-3/h5-10,20H,4H2,1-3H3,(H,19,21). The van der Waals surface area contributed by atoms with E-state index in [0.717, 1.165) is 0 Å². The van der Waals surface area contributed by atoms with Gasteiger partial charge in [-0.25, -0.2) is 13.2 Å². The van der Waals surface area contributed by atoms with E-state index in [1.165, 1.54) is 38.5 Å². The number of carbonyl (C=O) groups excluding carboxylic acids is 1. The molecule has 0 aliphatic carbocycles. The summed E-state index contributed by atoms with van der Waals surface area (Å²) in [7, 11) is -1.18. The normalized spacial score (nSPS) is 10.8. The van der Waals surface area contributed by atoms with Crippen LogP contribution >= 0.6 is 11.6 Å². The van der Waals surface area contributed by atoms with Crippen LogP contribution in [0.25, 0.3) is 0 Å². The van der Waals surface area contributed by atoms with Crippen LogP contribution in [0.4, 0.5) is 16.2 Å². The number of halogens is 1. The summed E-state index contributed by atoms with van der Waals surface area (Å²) in [6.45, 7) is 1.82. The molecule has 0 radical (unpaired) electrons. The Morgan fingerprint density at radius 2 is 1.67 bits per heavy atom. The van der Waals surface area contributed by atoms with Crippen molar-refractivity contribution < 1.29 is 27.4 Å². The minimum Gasteiger partial charge on any atom is -0.495 e. The fourth-order valence-corrected chi connectivity index (χ4v) is 3.45. The molecule has 0 atom stereocenters. The molecule has 10 heteroatoms. The van der Waals surface area contributed by atoms with Crippen LogP contribution in [0, 0.1) is 0 Å². The van der Waals surface area contributed by atoms with Gasteiger partial charge in [0.1, 0.15) is 11.5 Å². The molecule has 0 spiro atoms. The number of hydrogen-bond acceptors (Lipinski definition) is 6. The topological polar surface area (TPSA) is 103 Å². The maximum atomic E-state index is 12.7. The van der Waals surface area contributed by atoms with Crippen molar-refractivity contribution in [3.8, 4) is 11.5 Å². The SMILES string of the molecule is CCOC(=O)Nc1cc(S(=O)(=O)Nc2cc(Cl)ccc2OC)ccc1OC. The van der Waals surface area contributed by atoms with Gasteiger partial charge in [0.15, 0.2) is 0 Å². The van der Waals surface area contributed by atoms with Gasteiger partial charge in [-0.1, -0.05) is 11.6 Å². The van der Waals surface area contributed by atoms with E-state index in [-0.39, 0.29) is 28.6 Å². The molecule has 2 aromatic carbocycles. The summed E-state index contributed by atoms with van der Waals surface area (Å²) >= 11 is 5.93. The molecule has 0 fully saturated rings. The highest BCUT2D eigenvalue weighted by Gasteiger charge is 2.20. The molecule has 1 amide bonds.